The zero-order valence-electron chi connectivity index (χ0n) is 23.7. The zero-order chi connectivity index (χ0) is 28.5. The summed E-state index contributed by atoms with van der Waals surface area (Å²) in [6.45, 7) is 8.27. The standard InChI is InChI=1S/C33H34N4O3S/c1-22-9-7-13-26(19-22)32-30-31(25-11-5-4-6-12-25)34-37(27-14-8-10-23(2)24(27)3)33(30)36(29(39)21-41-32)20-28(38)35-15-17-40-18-16-35/h4-14,19,32H,15-18,20-21H2,1-3H3/t32-/m0/s1. The van der Waals surface area contributed by atoms with Gasteiger partial charge in [-0.25, -0.2) is 4.68 Å². The number of thioether (sulfide) groups is 1. The number of hydrogen-bond donors (Lipinski definition) is 0. The van der Waals surface area contributed by atoms with Crippen molar-refractivity contribution in [3.05, 3.63) is 101 Å². The van der Waals surface area contributed by atoms with Crippen LogP contribution in [0.15, 0.2) is 72.8 Å². The molecule has 210 valence electrons. The monoisotopic (exact) mass is 566 g/mol. The van der Waals surface area contributed by atoms with Crippen LogP contribution in [0.2, 0.25) is 0 Å². The molecule has 2 amide bonds. The molecule has 1 saturated heterocycles. The number of aryl methyl sites for hydroxylation is 2. The summed E-state index contributed by atoms with van der Waals surface area (Å²) in [5.74, 6) is 0.742. The fraction of sp³-hybridized carbons (Fsp3) is 0.303. The van der Waals surface area contributed by atoms with Crippen LogP contribution < -0.4 is 4.90 Å². The first-order valence-electron chi connectivity index (χ1n) is 14.0. The van der Waals surface area contributed by atoms with E-state index in [1.807, 2.05) is 35.0 Å². The zero-order valence-corrected chi connectivity index (χ0v) is 24.5. The van der Waals surface area contributed by atoms with Crippen LogP contribution in [0.25, 0.3) is 16.9 Å². The van der Waals surface area contributed by atoms with Crippen LogP contribution in [0.3, 0.4) is 0 Å². The van der Waals surface area contributed by atoms with Crippen molar-refractivity contribution in [2.24, 2.45) is 0 Å². The van der Waals surface area contributed by atoms with Crippen molar-refractivity contribution in [1.82, 2.24) is 14.7 Å². The van der Waals surface area contributed by atoms with Gasteiger partial charge in [-0.1, -0.05) is 72.3 Å². The molecule has 1 fully saturated rings. The topological polar surface area (TPSA) is 67.7 Å². The third-order valence-corrected chi connectivity index (χ3v) is 9.20. The molecule has 1 aromatic heterocycles. The van der Waals surface area contributed by atoms with E-state index in [2.05, 4.69) is 63.2 Å². The molecule has 8 heteroatoms. The van der Waals surface area contributed by atoms with Crippen LogP contribution in [0.4, 0.5) is 5.82 Å². The second-order valence-corrected chi connectivity index (χ2v) is 11.8. The maximum absolute atomic E-state index is 14.0. The van der Waals surface area contributed by atoms with Crippen LogP contribution in [0.5, 0.6) is 0 Å². The number of carbonyl (C=O) groups is 2. The van der Waals surface area contributed by atoms with Crippen LogP contribution in [-0.2, 0) is 14.3 Å². The first-order chi connectivity index (χ1) is 19.9. The Hall–Kier alpha value is -3.88. The number of anilines is 1. The van der Waals surface area contributed by atoms with Crippen LogP contribution in [-0.4, -0.2) is 65.1 Å². The van der Waals surface area contributed by atoms with Crippen molar-refractivity contribution < 1.29 is 14.3 Å². The van der Waals surface area contributed by atoms with Crippen molar-refractivity contribution in [2.45, 2.75) is 26.0 Å². The van der Waals surface area contributed by atoms with Crippen LogP contribution in [0, 0.1) is 20.8 Å². The first-order valence-corrected chi connectivity index (χ1v) is 15.1. The molecule has 0 unspecified atom stereocenters. The number of morpholine rings is 1. The molecule has 7 nitrogen and oxygen atoms in total. The number of rotatable bonds is 5. The summed E-state index contributed by atoms with van der Waals surface area (Å²) >= 11 is 1.60. The fourth-order valence-corrected chi connectivity index (χ4v) is 6.79. The van der Waals surface area contributed by atoms with Gasteiger partial charge in [0, 0.05) is 24.2 Å². The van der Waals surface area contributed by atoms with Gasteiger partial charge < -0.3 is 9.64 Å². The predicted molar refractivity (Wildman–Crippen MR) is 164 cm³/mol. The molecule has 0 radical (unpaired) electrons. The van der Waals surface area contributed by atoms with Crippen molar-refractivity contribution >= 4 is 29.4 Å². The normalized spacial score (nSPS) is 17.3. The Balaban J connectivity index is 1.61. The molecule has 2 aliphatic heterocycles. The van der Waals surface area contributed by atoms with E-state index >= 15 is 0 Å². The van der Waals surface area contributed by atoms with E-state index < -0.39 is 0 Å². The Bertz CT molecular complexity index is 1590. The summed E-state index contributed by atoms with van der Waals surface area (Å²) < 4.78 is 7.37. The van der Waals surface area contributed by atoms with E-state index in [1.54, 1.807) is 21.6 Å². The van der Waals surface area contributed by atoms with E-state index in [-0.39, 0.29) is 29.4 Å². The summed E-state index contributed by atoms with van der Waals surface area (Å²) in [7, 11) is 0. The highest BCUT2D eigenvalue weighted by Crippen LogP contribution is 2.48. The molecule has 0 saturated carbocycles. The molecule has 0 bridgehead atoms. The van der Waals surface area contributed by atoms with Gasteiger partial charge in [0.1, 0.15) is 12.4 Å². The molecule has 0 aliphatic carbocycles. The summed E-state index contributed by atoms with van der Waals surface area (Å²) in [6.07, 6.45) is 0. The van der Waals surface area contributed by atoms with Gasteiger partial charge in [-0.05, 0) is 43.5 Å². The molecule has 6 rings (SSSR count). The lowest BCUT2D eigenvalue weighted by Crippen LogP contribution is -2.48. The maximum atomic E-state index is 14.0. The van der Waals surface area contributed by atoms with E-state index in [0.717, 1.165) is 44.8 Å². The Labute approximate surface area is 245 Å². The number of ether oxygens (including phenoxy) is 1. The van der Waals surface area contributed by atoms with Gasteiger partial charge in [0.15, 0.2) is 0 Å². The smallest absolute Gasteiger partial charge is 0.242 e. The van der Waals surface area contributed by atoms with Gasteiger partial charge >= 0.3 is 0 Å². The number of benzene rings is 3. The number of amides is 2. The van der Waals surface area contributed by atoms with Crippen molar-refractivity contribution in [1.29, 1.82) is 0 Å². The molecule has 2 aliphatic rings. The minimum Gasteiger partial charge on any atom is -0.378 e. The quantitative estimate of drug-likeness (QED) is 0.320. The van der Waals surface area contributed by atoms with Gasteiger partial charge in [0.05, 0.1) is 35.6 Å². The second kappa shape index (κ2) is 11.5. The van der Waals surface area contributed by atoms with Gasteiger partial charge in [-0.15, -0.1) is 11.8 Å². The number of fused-ring (bicyclic) bond motifs is 1. The SMILES string of the molecule is Cc1cccc([C@@H]2SCC(=O)N(CC(=O)N3CCOCC3)c3c2c(-c2ccccc2)nn3-c2cccc(C)c2C)c1. The van der Waals surface area contributed by atoms with Crippen LogP contribution in [0.1, 0.15) is 33.1 Å². The molecular weight excluding hydrogens is 532 g/mol. The van der Waals surface area contributed by atoms with Crippen molar-refractivity contribution in [2.75, 3.05) is 43.5 Å². The molecule has 1 atom stereocenters. The second-order valence-electron chi connectivity index (χ2n) is 10.7. The predicted octanol–water partition coefficient (Wildman–Crippen LogP) is 5.49. The fourth-order valence-electron chi connectivity index (χ4n) is 5.61. The number of nitrogens with zero attached hydrogens (tertiary/aromatic N) is 4. The van der Waals surface area contributed by atoms with Crippen molar-refractivity contribution in [3.8, 4) is 16.9 Å². The number of hydrogen-bond acceptors (Lipinski definition) is 5. The van der Waals surface area contributed by atoms with Crippen LogP contribution >= 0.6 is 11.8 Å². The first kappa shape index (κ1) is 27.3. The highest BCUT2D eigenvalue weighted by atomic mass is 32.2. The Morgan fingerprint density at radius 3 is 2.49 bits per heavy atom. The van der Waals surface area contributed by atoms with Crippen molar-refractivity contribution in [3.63, 3.8) is 0 Å². The molecule has 41 heavy (non-hydrogen) atoms. The summed E-state index contributed by atoms with van der Waals surface area (Å²) in [6, 6.07) is 24.7. The average Bonchev–Trinajstić information content (AvgIpc) is 3.31. The summed E-state index contributed by atoms with van der Waals surface area (Å²) in [5, 5.41) is 5.10. The highest BCUT2D eigenvalue weighted by molar-refractivity contribution is 8.00. The lowest BCUT2D eigenvalue weighted by atomic mass is 9.98. The lowest BCUT2D eigenvalue weighted by molar-refractivity contribution is -0.134. The van der Waals surface area contributed by atoms with E-state index in [4.69, 9.17) is 9.84 Å². The van der Waals surface area contributed by atoms with Gasteiger partial charge in [-0.2, -0.15) is 5.10 Å². The third kappa shape index (κ3) is 5.29. The minimum atomic E-state index is -0.147. The average molecular weight is 567 g/mol. The van der Waals surface area contributed by atoms with E-state index in [9.17, 15) is 9.59 Å². The number of carbonyl (C=O) groups excluding carboxylic acids is 2. The molecule has 4 aromatic rings. The molecule has 3 aromatic carbocycles. The Kier molecular flexibility index (Phi) is 7.69. The maximum Gasteiger partial charge on any atom is 0.242 e. The van der Waals surface area contributed by atoms with E-state index in [1.165, 1.54) is 0 Å². The summed E-state index contributed by atoms with van der Waals surface area (Å²) in [5.41, 5.74) is 8.12. The molecule has 0 N–H and O–H groups in total. The van der Waals surface area contributed by atoms with Gasteiger partial charge in [0.25, 0.3) is 0 Å². The molecule has 0 spiro atoms. The molecule has 3 heterocycles. The minimum absolute atomic E-state index is 0.0439. The van der Waals surface area contributed by atoms with Gasteiger partial charge in [-0.3, -0.25) is 14.5 Å². The largest absolute Gasteiger partial charge is 0.378 e. The Morgan fingerprint density at radius 1 is 0.976 bits per heavy atom. The third-order valence-electron chi connectivity index (χ3n) is 7.94. The lowest BCUT2D eigenvalue weighted by Gasteiger charge is -2.30. The molecular formula is C33H34N4O3S. The Morgan fingerprint density at radius 2 is 1.73 bits per heavy atom. The summed E-state index contributed by atoms with van der Waals surface area (Å²) in [4.78, 5) is 31.1. The van der Waals surface area contributed by atoms with Gasteiger partial charge in [0.2, 0.25) is 11.8 Å². The highest BCUT2D eigenvalue weighted by Gasteiger charge is 2.38. The van der Waals surface area contributed by atoms with E-state index in [0.29, 0.717) is 32.1 Å². The number of aromatic nitrogens is 2.